The second kappa shape index (κ2) is 6.53. The molecule has 8 nitrogen and oxygen atoms in total. The summed E-state index contributed by atoms with van der Waals surface area (Å²) in [5.74, 6) is 0.0254. The summed E-state index contributed by atoms with van der Waals surface area (Å²) in [5, 5.41) is 16.2. The molecule has 1 aromatic rings. The van der Waals surface area contributed by atoms with Crippen LogP contribution in [0, 0.1) is 10.1 Å². The average molecular weight is 267 g/mol. The van der Waals surface area contributed by atoms with Crippen molar-refractivity contribution in [3.05, 3.63) is 22.2 Å². The van der Waals surface area contributed by atoms with Crippen LogP contribution in [0.1, 0.15) is 20.3 Å². The van der Waals surface area contributed by atoms with Crippen LogP contribution in [-0.2, 0) is 4.79 Å². The largest absolute Gasteiger partial charge is 0.383 e. The van der Waals surface area contributed by atoms with Crippen molar-refractivity contribution in [1.82, 2.24) is 10.3 Å². The van der Waals surface area contributed by atoms with Crippen LogP contribution in [0.4, 0.5) is 17.3 Å². The molecule has 4 N–H and O–H groups in total. The van der Waals surface area contributed by atoms with Crippen LogP contribution in [-0.4, -0.2) is 28.4 Å². The van der Waals surface area contributed by atoms with E-state index >= 15 is 0 Å². The van der Waals surface area contributed by atoms with E-state index in [0.717, 1.165) is 12.5 Å². The molecule has 1 heterocycles. The number of hydrogen-bond acceptors (Lipinski definition) is 6. The number of aromatic nitrogens is 1. The van der Waals surface area contributed by atoms with Crippen molar-refractivity contribution < 1.29 is 9.72 Å². The van der Waals surface area contributed by atoms with Gasteiger partial charge in [-0.2, -0.15) is 0 Å². The first kappa shape index (κ1) is 14.7. The fourth-order valence-electron chi connectivity index (χ4n) is 1.40. The fourth-order valence-corrected chi connectivity index (χ4v) is 1.40. The van der Waals surface area contributed by atoms with Crippen LogP contribution in [0.5, 0.6) is 0 Å². The Labute approximate surface area is 110 Å². The predicted molar refractivity (Wildman–Crippen MR) is 71.7 cm³/mol. The minimum atomic E-state index is -0.564. The van der Waals surface area contributed by atoms with Crippen LogP contribution < -0.4 is 16.4 Å². The van der Waals surface area contributed by atoms with Crippen LogP contribution in [0.25, 0.3) is 0 Å². The Bertz CT molecular complexity index is 477. The topological polar surface area (TPSA) is 123 Å². The highest BCUT2D eigenvalue weighted by molar-refractivity contribution is 5.84. The molecule has 1 rings (SSSR count). The molecule has 104 valence electrons. The van der Waals surface area contributed by atoms with Gasteiger partial charge < -0.3 is 16.4 Å². The molecule has 0 aliphatic rings. The molecule has 8 heteroatoms. The van der Waals surface area contributed by atoms with Gasteiger partial charge in [0.1, 0.15) is 17.7 Å². The molecule has 0 radical (unpaired) electrons. The van der Waals surface area contributed by atoms with Crippen LogP contribution in [0.15, 0.2) is 12.1 Å². The number of amides is 1. The summed E-state index contributed by atoms with van der Waals surface area (Å²) in [7, 11) is 0. The first-order valence-electron chi connectivity index (χ1n) is 5.90. The number of nitro groups is 1. The van der Waals surface area contributed by atoms with Gasteiger partial charge in [0, 0.05) is 6.54 Å². The van der Waals surface area contributed by atoms with E-state index in [2.05, 4.69) is 15.6 Å². The number of anilines is 2. The van der Waals surface area contributed by atoms with E-state index in [1.807, 2.05) is 6.92 Å². The Kier molecular flexibility index (Phi) is 5.04. The van der Waals surface area contributed by atoms with Crippen molar-refractivity contribution in [2.75, 3.05) is 17.6 Å². The van der Waals surface area contributed by atoms with E-state index in [1.165, 1.54) is 6.07 Å². The molecule has 1 unspecified atom stereocenters. The number of nitrogens with zero attached hydrogens (tertiary/aromatic N) is 2. The lowest BCUT2D eigenvalue weighted by Gasteiger charge is -2.14. The molecular weight excluding hydrogens is 250 g/mol. The number of nitrogens with one attached hydrogen (secondary N) is 2. The van der Waals surface area contributed by atoms with Gasteiger partial charge in [-0.3, -0.25) is 14.9 Å². The monoisotopic (exact) mass is 267 g/mol. The van der Waals surface area contributed by atoms with Gasteiger partial charge in [-0.25, -0.2) is 4.98 Å². The maximum atomic E-state index is 11.6. The second-order valence-electron chi connectivity index (χ2n) is 4.05. The number of pyridine rings is 1. The number of carbonyl (C=O) groups excluding carboxylic acids is 1. The van der Waals surface area contributed by atoms with Crippen molar-refractivity contribution in [3.8, 4) is 0 Å². The molecule has 1 aromatic heterocycles. The molecular formula is C11H17N5O3. The summed E-state index contributed by atoms with van der Waals surface area (Å²) < 4.78 is 0. The molecule has 0 aliphatic heterocycles. The quantitative estimate of drug-likeness (QED) is 0.519. The maximum absolute atomic E-state index is 11.6. The van der Waals surface area contributed by atoms with E-state index in [9.17, 15) is 14.9 Å². The second-order valence-corrected chi connectivity index (χ2v) is 4.05. The Balaban J connectivity index is 2.76. The lowest BCUT2D eigenvalue weighted by atomic mass is 10.3. The zero-order valence-corrected chi connectivity index (χ0v) is 10.8. The van der Waals surface area contributed by atoms with E-state index < -0.39 is 11.0 Å². The van der Waals surface area contributed by atoms with Crippen molar-refractivity contribution in [2.45, 2.75) is 26.3 Å². The highest BCUT2D eigenvalue weighted by atomic mass is 16.6. The van der Waals surface area contributed by atoms with Crippen molar-refractivity contribution in [3.63, 3.8) is 0 Å². The summed E-state index contributed by atoms with van der Waals surface area (Å²) >= 11 is 0. The Hall–Kier alpha value is -2.38. The van der Waals surface area contributed by atoms with Crippen LogP contribution in [0.3, 0.4) is 0 Å². The summed E-state index contributed by atoms with van der Waals surface area (Å²) in [6.07, 6.45) is 0.834. The van der Waals surface area contributed by atoms with E-state index in [-0.39, 0.29) is 23.2 Å². The van der Waals surface area contributed by atoms with Gasteiger partial charge >= 0.3 is 0 Å². The molecule has 0 saturated carbocycles. The zero-order valence-electron chi connectivity index (χ0n) is 10.8. The lowest BCUT2D eigenvalue weighted by Crippen LogP contribution is -2.38. The third-order valence-electron chi connectivity index (χ3n) is 2.35. The number of nitrogen functional groups attached to an aromatic ring is 1. The lowest BCUT2D eigenvalue weighted by molar-refractivity contribution is -0.384. The summed E-state index contributed by atoms with van der Waals surface area (Å²) in [5.41, 5.74) is 5.30. The summed E-state index contributed by atoms with van der Waals surface area (Å²) in [6, 6.07) is 1.84. The highest BCUT2D eigenvalue weighted by Crippen LogP contribution is 2.19. The van der Waals surface area contributed by atoms with Gasteiger partial charge in [-0.15, -0.1) is 0 Å². The summed E-state index contributed by atoms with van der Waals surface area (Å²) in [6.45, 7) is 4.16. The highest BCUT2D eigenvalue weighted by Gasteiger charge is 2.15. The smallest absolute Gasteiger partial charge is 0.276 e. The molecule has 0 saturated heterocycles. The first-order valence-corrected chi connectivity index (χ1v) is 5.90. The van der Waals surface area contributed by atoms with E-state index in [1.54, 1.807) is 6.92 Å². The number of rotatable bonds is 6. The average Bonchev–Trinajstić information content (AvgIpc) is 2.34. The van der Waals surface area contributed by atoms with Gasteiger partial charge in [0.2, 0.25) is 5.91 Å². The Morgan fingerprint density at radius 3 is 2.84 bits per heavy atom. The number of carbonyl (C=O) groups is 1. The third-order valence-corrected chi connectivity index (χ3v) is 2.35. The molecule has 0 fully saturated rings. The van der Waals surface area contributed by atoms with Gasteiger partial charge in [-0.1, -0.05) is 6.92 Å². The molecule has 0 aromatic carbocycles. The van der Waals surface area contributed by atoms with Crippen molar-refractivity contribution >= 4 is 23.2 Å². The fraction of sp³-hybridized carbons (Fsp3) is 0.455. The Morgan fingerprint density at radius 1 is 1.58 bits per heavy atom. The molecule has 0 aliphatic carbocycles. The summed E-state index contributed by atoms with van der Waals surface area (Å²) in [4.78, 5) is 25.7. The molecule has 1 atom stereocenters. The standard InChI is InChI=1S/C11H17N5O3/c1-3-4-13-11(17)7(2)14-10-6-8(16(18)19)5-9(12)15-10/h5-7H,3-4H2,1-2H3,(H,13,17)(H3,12,14,15). The SMILES string of the molecule is CCCNC(=O)C(C)Nc1cc([N+](=O)[O-])cc(N)n1. The zero-order chi connectivity index (χ0) is 14.4. The molecule has 0 bridgehead atoms. The maximum Gasteiger partial charge on any atom is 0.276 e. The molecule has 0 spiro atoms. The first-order chi connectivity index (χ1) is 8.93. The van der Waals surface area contributed by atoms with Gasteiger partial charge in [0.15, 0.2) is 0 Å². The van der Waals surface area contributed by atoms with Gasteiger partial charge in [-0.05, 0) is 13.3 Å². The van der Waals surface area contributed by atoms with Crippen molar-refractivity contribution in [1.29, 1.82) is 0 Å². The third kappa shape index (κ3) is 4.41. The van der Waals surface area contributed by atoms with E-state index in [4.69, 9.17) is 5.73 Å². The predicted octanol–water partition coefficient (Wildman–Crippen LogP) is 0.899. The van der Waals surface area contributed by atoms with Gasteiger partial charge in [0.25, 0.3) is 5.69 Å². The van der Waals surface area contributed by atoms with Gasteiger partial charge in [0.05, 0.1) is 17.1 Å². The molecule has 19 heavy (non-hydrogen) atoms. The van der Waals surface area contributed by atoms with Crippen LogP contribution in [0.2, 0.25) is 0 Å². The molecule has 1 amide bonds. The minimum absolute atomic E-state index is 0.0258. The number of hydrogen-bond donors (Lipinski definition) is 3. The minimum Gasteiger partial charge on any atom is -0.383 e. The van der Waals surface area contributed by atoms with E-state index in [0.29, 0.717) is 6.54 Å². The van der Waals surface area contributed by atoms with Crippen LogP contribution >= 0.6 is 0 Å². The Morgan fingerprint density at radius 2 is 2.26 bits per heavy atom. The number of nitrogens with two attached hydrogens (primary N) is 1. The normalized spacial score (nSPS) is 11.7. The van der Waals surface area contributed by atoms with Crippen molar-refractivity contribution in [2.24, 2.45) is 0 Å².